The van der Waals surface area contributed by atoms with Gasteiger partial charge in [-0.05, 0) is 25.3 Å². The van der Waals surface area contributed by atoms with Crippen molar-refractivity contribution in [3.63, 3.8) is 0 Å². The lowest BCUT2D eigenvalue weighted by molar-refractivity contribution is -0.139. The minimum absolute atomic E-state index is 0.0555. The SMILES string of the molecule is C=C(C)C(=O)[C@@H](CCC(=O)O)NC(=O)[C@@H](CCC(=O)O)NC(C)C. The third-order valence-corrected chi connectivity index (χ3v) is 3.20. The quantitative estimate of drug-likeness (QED) is 0.384. The van der Waals surface area contributed by atoms with E-state index in [1.807, 2.05) is 13.8 Å². The summed E-state index contributed by atoms with van der Waals surface area (Å²) in [5.41, 5.74) is 0.213. The van der Waals surface area contributed by atoms with Crippen LogP contribution in [0.25, 0.3) is 0 Å². The lowest BCUT2D eigenvalue weighted by Gasteiger charge is -2.24. The minimum atomic E-state index is -1.08. The molecule has 0 bridgehead atoms. The molecule has 24 heavy (non-hydrogen) atoms. The van der Waals surface area contributed by atoms with Crippen molar-refractivity contribution in [2.45, 2.75) is 64.6 Å². The van der Waals surface area contributed by atoms with Crippen LogP contribution in [0.1, 0.15) is 46.5 Å². The zero-order valence-electron chi connectivity index (χ0n) is 14.3. The van der Waals surface area contributed by atoms with E-state index in [0.29, 0.717) is 0 Å². The first kappa shape index (κ1) is 21.8. The van der Waals surface area contributed by atoms with Crippen molar-refractivity contribution in [1.29, 1.82) is 0 Å². The Labute approximate surface area is 141 Å². The molecular weight excluding hydrogens is 316 g/mol. The van der Waals surface area contributed by atoms with Gasteiger partial charge in [-0.1, -0.05) is 20.4 Å². The summed E-state index contributed by atoms with van der Waals surface area (Å²) in [6, 6.07) is -1.84. The average molecular weight is 342 g/mol. The number of rotatable bonds is 12. The Kier molecular flexibility index (Phi) is 9.56. The second-order valence-electron chi connectivity index (χ2n) is 5.94. The molecule has 0 aliphatic rings. The highest BCUT2D eigenvalue weighted by atomic mass is 16.4. The number of ketones is 1. The van der Waals surface area contributed by atoms with E-state index in [1.54, 1.807) is 0 Å². The van der Waals surface area contributed by atoms with Crippen LogP contribution in [-0.2, 0) is 19.2 Å². The monoisotopic (exact) mass is 342 g/mol. The molecule has 136 valence electrons. The van der Waals surface area contributed by atoms with Crippen LogP contribution in [0.2, 0.25) is 0 Å². The van der Waals surface area contributed by atoms with Crippen LogP contribution < -0.4 is 10.6 Å². The first-order valence-corrected chi connectivity index (χ1v) is 7.74. The van der Waals surface area contributed by atoms with Crippen LogP contribution in [0.5, 0.6) is 0 Å². The molecule has 0 saturated heterocycles. The second kappa shape index (κ2) is 10.5. The molecule has 8 heteroatoms. The predicted octanol–water partition coefficient (Wildman–Crippen LogP) is 0.713. The van der Waals surface area contributed by atoms with E-state index in [9.17, 15) is 19.2 Å². The third-order valence-electron chi connectivity index (χ3n) is 3.20. The molecule has 0 unspecified atom stereocenters. The van der Waals surface area contributed by atoms with E-state index in [0.717, 1.165) is 0 Å². The van der Waals surface area contributed by atoms with Crippen LogP contribution in [0.3, 0.4) is 0 Å². The first-order valence-electron chi connectivity index (χ1n) is 7.74. The minimum Gasteiger partial charge on any atom is -0.481 e. The predicted molar refractivity (Wildman–Crippen MR) is 87.6 cm³/mol. The van der Waals surface area contributed by atoms with Crippen molar-refractivity contribution in [2.24, 2.45) is 0 Å². The number of amides is 1. The Bertz CT molecular complexity index is 501. The fourth-order valence-electron chi connectivity index (χ4n) is 2.07. The maximum atomic E-state index is 12.4. The van der Waals surface area contributed by atoms with Gasteiger partial charge in [0.1, 0.15) is 0 Å². The maximum absolute atomic E-state index is 12.4. The maximum Gasteiger partial charge on any atom is 0.303 e. The van der Waals surface area contributed by atoms with Gasteiger partial charge in [0.2, 0.25) is 5.91 Å². The van der Waals surface area contributed by atoms with Crippen molar-refractivity contribution in [1.82, 2.24) is 10.6 Å². The molecule has 2 atom stereocenters. The topological polar surface area (TPSA) is 133 Å². The number of carboxylic acids is 2. The van der Waals surface area contributed by atoms with Crippen LogP contribution in [-0.4, -0.2) is 52.0 Å². The molecule has 8 nitrogen and oxygen atoms in total. The summed E-state index contributed by atoms with van der Waals surface area (Å²) in [5, 5.41) is 23.0. The third kappa shape index (κ3) is 9.04. The fraction of sp³-hybridized carbons (Fsp3) is 0.625. The molecule has 0 aromatic rings. The number of carboxylic acid groups (broad SMARTS) is 2. The van der Waals surface area contributed by atoms with Crippen LogP contribution >= 0.6 is 0 Å². The Morgan fingerprint density at radius 1 is 0.958 bits per heavy atom. The van der Waals surface area contributed by atoms with E-state index >= 15 is 0 Å². The molecule has 0 radical (unpaired) electrons. The van der Waals surface area contributed by atoms with Gasteiger partial charge in [0.25, 0.3) is 0 Å². The van der Waals surface area contributed by atoms with Crippen molar-refractivity contribution in [3.8, 4) is 0 Å². The van der Waals surface area contributed by atoms with Gasteiger partial charge < -0.3 is 20.8 Å². The van der Waals surface area contributed by atoms with Crippen molar-refractivity contribution in [2.75, 3.05) is 0 Å². The molecule has 0 aromatic heterocycles. The van der Waals surface area contributed by atoms with E-state index in [-0.39, 0.29) is 37.3 Å². The van der Waals surface area contributed by atoms with Gasteiger partial charge in [0.05, 0.1) is 12.1 Å². The molecule has 0 aliphatic heterocycles. The average Bonchev–Trinajstić information content (AvgIpc) is 2.45. The van der Waals surface area contributed by atoms with Gasteiger partial charge in [-0.2, -0.15) is 0 Å². The zero-order valence-corrected chi connectivity index (χ0v) is 14.3. The number of Topliss-reactive ketones (excluding diaryl/α,β-unsaturated/α-hetero) is 1. The summed E-state index contributed by atoms with van der Waals surface area (Å²) in [7, 11) is 0. The zero-order chi connectivity index (χ0) is 18.9. The lowest BCUT2D eigenvalue weighted by atomic mass is 10.0. The molecule has 1 amide bonds. The summed E-state index contributed by atoms with van der Waals surface area (Å²) in [5.74, 6) is -3.08. The first-order chi connectivity index (χ1) is 11.0. The largest absolute Gasteiger partial charge is 0.481 e. The highest BCUT2D eigenvalue weighted by Crippen LogP contribution is 2.07. The molecule has 4 N–H and O–H groups in total. The number of hydrogen-bond acceptors (Lipinski definition) is 5. The molecule has 0 fully saturated rings. The Balaban J connectivity index is 5.04. The molecule has 0 aromatic carbocycles. The van der Waals surface area contributed by atoms with Crippen molar-refractivity contribution >= 4 is 23.6 Å². The van der Waals surface area contributed by atoms with E-state index < -0.39 is 35.7 Å². The van der Waals surface area contributed by atoms with Crippen LogP contribution in [0.15, 0.2) is 12.2 Å². The van der Waals surface area contributed by atoms with Gasteiger partial charge in [0, 0.05) is 18.9 Å². The van der Waals surface area contributed by atoms with Gasteiger partial charge in [-0.25, -0.2) is 0 Å². The molecule has 0 rings (SSSR count). The molecule has 0 heterocycles. The molecule has 0 saturated carbocycles. The van der Waals surface area contributed by atoms with E-state index in [4.69, 9.17) is 10.2 Å². The summed E-state index contributed by atoms with van der Waals surface area (Å²) in [6.45, 7) is 8.62. The van der Waals surface area contributed by atoms with Gasteiger partial charge in [0.15, 0.2) is 5.78 Å². The number of carbonyl (C=O) groups excluding carboxylic acids is 2. The standard InChI is InChI=1S/C16H26N2O6/c1-9(2)15(23)11(5-7-13(19)20)18-16(24)12(17-10(3)4)6-8-14(21)22/h10-12,17H,1,5-8H2,2-4H3,(H,18,24)(H,19,20)(H,21,22)/t11-,12-/m1/s1. The summed E-state index contributed by atoms with van der Waals surface area (Å²) >= 11 is 0. The smallest absolute Gasteiger partial charge is 0.303 e. The summed E-state index contributed by atoms with van der Waals surface area (Å²) < 4.78 is 0. The number of nitrogens with one attached hydrogen (secondary N) is 2. The number of carbonyl (C=O) groups is 4. The fourth-order valence-corrected chi connectivity index (χ4v) is 2.07. The normalized spacial score (nSPS) is 13.2. The highest BCUT2D eigenvalue weighted by molar-refractivity contribution is 6.01. The summed E-state index contributed by atoms with van der Waals surface area (Å²) in [6.07, 6.45) is -0.472. The molecule has 0 aliphatic carbocycles. The second-order valence-corrected chi connectivity index (χ2v) is 5.94. The van der Waals surface area contributed by atoms with Gasteiger partial charge in [-0.15, -0.1) is 0 Å². The van der Waals surface area contributed by atoms with Gasteiger partial charge >= 0.3 is 11.9 Å². The molecule has 0 spiro atoms. The number of hydrogen-bond donors (Lipinski definition) is 4. The Morgan fingerprint density at radius 3 is 1.79 bits per heavy atom. The Hall–Kier alpha value is -2.22. The summed E-state index contributed by atoms with van der Waals surface area (Å²) in [4.78, 5) is 45.9. The lowest BCUT2D eigenvalue weighted by Crippen LogP contribution is -2.52. The number of aliphatic carboxylic acids is 2. The highest BCUT2D eigenvalue weighted by Gasteiger charge is 2.27. The molecular formula is C16H26N2O6. The van der Waals surface area contributed by atoms with E-state index in [1.165, 1.54) is 6.92 Å². The van der Waals surface area contributed by atoms with E-state index in [2.05, 4.69) is 17.2 Å². The van der Waals surface area contributed by atoms with Crippen LogP contribution in [0, 0.1) is 0 Å². The van der Waals surface area contributed by atoms with Crippen LogP contribution in [0.4, 0.5) is 0 Å². The van der Waals surface area contributed by atoms with Crippen molar-refractivity contribution < 1.29 is 29.4 Å². The van der Waals surface area contributed by atoms with Crippen molar-refractivity contribution in [3.05, 3.63) is 12.2 Å². The van der Waals surface area contributed by atoms with Gasteiger partial charge in [-0.3, -0.25) is 19.2 Å². The Morgan fingerprint density at radius 2 is 1.42 bits per heavy atom.